The van der Waals surface area contributed by atoms with Gasteiger partial charge in [0.25, 0.3) is 0 Å². The summed E-state index contributed by atoms with van der Waals surface area (Å²) in [6.07, 6.45) is 0. The minimum atomic E-state index is -3.64. The van der Waals surface area contributed by atoms with E-state index in [1.54, 1.807) is 0 Å². The van der Waals surface area contributed by atoms with Gasteiger partial charge in [0.15, 0.2) is 0 Å². The summed E-state index contributed by atoms with van der Waals surface area (Å²) in [7, 11) is -2.29. The molecule has 2 aliphatic rings. The highest BCUT2D eigenvalue weighted by molar-refractivity contribution is 7.89. The Morgan fingerprint density at radius 3 is 2.58 bits per heavy atom. The van der Waals surface area contributed by atoms with Crippen molar-refractivity contribution >= 4 is 27.0 Å². The minimum absolute atomic E-state index is 0.0469. The lowest BCUT2D eigenvalue weighted by atomic mass is 10.2. The molecule has 1 saturated carbocycles. The number of ether oxygens (including phenoxy) is 1. The molecule has 1 aromatic carbocycles. The Hall–Kier alpha value is -2.19. The van der Waals surface area contributed by atoms with E-state index >= 15 is 0 Å². The van der Waals surface area contributed by atoms with Crippen LogP contribution in [-0.2, 0) is 19.6 Å². The first-order valence-corrected chi connectivity index (χ1v) is 8.98. The standard InChI is InChI=1S/C16H15NO6S/c1-22-16(19)15-11-7-17(8-12(11)15)24(20,21)10-3-4-13-9(6-10)2-5-14(18)23-13/h2-6,11-12,15H,7-8H2,1H3/t11-,12+,15?. The fourth-order valence-corrected chi connectivity index (χ4v) is 5.08. The van der Waals surface area contributed by atoms with Crippen LogP contribution in [0.5, 0.6) is 0 Å². The number of esters is 1. The number of piperidine rings is 1. The van der Waals surface area contributed by atoms with Gasteiger partial charge in [-0.05, 0) is 36.1 Å². The Bertz CT molecular complexity index is 983. The van der Waals surface area contributed by atoms with Crippen molar-refractivity contribution in [2.45, 2.75) is 4.90 Å². The van der Waals surface area contributed by atoms with Crippen molar-refractivity contribution in [3.05, 3.63) is 40.8 Å². The van der Waals surface area contributed by atoms with Crippen molar-refractivity contribution in [1.82, 2.24) is 4.31 Å². The quantitative estimate of drug-likeness (QED) is 0.602. The topological polar surface area (TPSA) is 93.9 Å². The van der Waals surface area contributed by atoms with Gasteiger partial charge in [-0.2, -0.15) is 4.31 Å². The Morgan fingerprint density at radius 2 is 1.92 bits per heavy atom. The summed E-state index contributed by atoms with van der Waals surface area (Å²) >= 11 is 0. The SMILES string of the molecule is COC(=O)C1[C@H]2CN(S(=O)(=O)c3ccc4oc(=O)ccc4c3)C[C@@H]12. The molecule has 0 radical (unpaired) electrons. The molecule has 1 saturated heterocycles. The molecule has 0 spiro atoms. The number of sulfonamides is 1. The molecule has 2 fully saturated rings. The van der Waals surface area contributed by atoms with Crippen LogP contribution in [0.2, 0.25) is 0 Å². The first kappa shape index (κ1) is 15.3. The molecular formula is C16H15NO6S. The molecule has 4 rings (SSSR count). The van der Waals surface area contributed by atoms with E-state index in [4.69, 9.17) is 9.15 Å². The number of nitrogens with zero attached hydrogens (tertiary/aromatic N) is 1. The van der Waals surface area contributed by atoms with Crippen LogP contribution >= 0.6 is 0 Å². The van der Waals surface area contributed by atoms with E-state index in [9.17, 15) is 18.0 Å². The van der Waals surface area contributed by atoms with Gasteiger partial charge in [0.05, 0.1) is 17.9 Å². The first-order chi connectivity index (χ1) is 11.4. The summed E-state index contributed by atoms with van der Waals surface area (Å²) in [5, 5.41) is 0.549. The highest BCUT2D eigenvalue weighted by Gasteiger charge is 2.62. The first-order valence-electron chi connectivity index (χ1n) is 7.54. The summed E-state index contributed by atoms with van der Waals surface area (Å²) in [6, 6.07) is 7.20. The Balaban J connectivity index is 1.60. The molecule has 1 aromatic heterocycles. The number of carbonyl (C=O) groups excluding carboxylic acids is 1. The second-order valence-electron chi connectivity index (χ2n) is 6.15. The van der Waals surface area contributed by atoms with Gasteiger partial charge in [-0.1, -0.05) is 0 Å². The van der Waals surface area contributed by atoms with Gasteiger partial charge < -0.3 is 9.15 Å². The zero-order chi connectivity index (χ0) is 17.1. The smallest absolute Gasteiger partial charge is 0.336 e. The van der Waals surface area contributed by atoms with Crippen molar-refractivity contribution in [1.29, 1.82) is 0 Å². The van der Waals surface area contributed by atoms with Crippen LogP contribution in [0.3, 0.4) is 0 Å². The van der Waals surface area contributed by atoms with E-state index in [-0.39, 0.29) is 28.6 Å². The van der Waals surface area contributed by atoms with Gasteiger partial charge in [0.2, 0.25) is 10.0 Å². The maximum Gasteiger partial charge on any atom is 0.336 e. The third-order valence-electron chi connectivity index (χ3n) is 4.86. The monoisotopic (exact) mass is 349 g/mol. The number of rotatable bonds is 3. The highest BCUT2D eigenvalue weighted by atomic mass is 32.2. The summed E-state index contributed by atoms with van der Waals surface area (Å²) < 4.78 is 36.7. The lowest BCUT2D eigenvalue weighted by Gasteiger charge is -2.19. The van der Waals surface area contributed by atoms with Crippen molar-refractivity contribution in [3.63, 3.8) is 0 Å². The van der Waals surface area contributed by atoms with Gasteiger partial charge in [-0.3, -0.25) is 4.79 Å². The molecule has 126 valence electrons. The number of hydrogen-bond acceptors (Lipinski definition) is 6. The van der Waals surface area contributed by atoms with Crippen molar-refractivity contribution in [2.75, 3.05) is 20.2 Å². The lowest BCUT2D eigenvalue weighted by Crippen LogP contribution is -2.32. The van der Waals surface area contributed by atoms with E-state index in [2.05, 4.69) is 0 Å². The average molecular weight is 349 g/mol. The molecule has 1 aliphatic heterocycles. The van der Waals surface area contributed by atoms with E-state index in [0.717, 1.165) is 0 Å². The summed E-state index contributed by atoms with van der Waals surface area (Å²) in [6.45, 7) is 0.656. The summed E-state index contributed by atoms with van der Waals surface area (Å²) in [5.41, 5.74) is -0.136. The number of fused-ring (bicyclic) bond motifs is 2. The molecular weight excluding hydrogens is 334 g/mol. The number of carbonyl (C=O) groups is 1. The van der Waals surface area contributed by atoms with Crippen LogP contribution in [0, 0.1) is 17.8 Å². The summed E-state index contributed by atoms with van der Waals surface area (Å²) in [4.78, 5) is 22.9. The third-order valence-corrected chi connectivity index (χ3v) is 6.69. The molecule has 8 heteroatoms. The van der Waals surface area contributed by atoms with Crippen LogP contribution in [0.15, 0.2) is 44.4 Å². The normalized spacial score (nSPS) is 26.3. The summed E-state index contributed by atoms with van der Waals surface area (Å²) in [5.74, 6) is -0.341. The molecule has 2 heterocycles. The van der Waals surface area contributed by atoms with Crippen LogP contribution in [-0.4, -0.2) is 38.9 Å². The molecule has 0 amide bonds. The molecule has 7 nitrogen and oxygen atoms in total. The fourth-order valence-electron chi connectivity index (χ4n) is 3.53. The van der Waals surface area contributed by atoms with Crippen molar-refractivity contribution in [2.24, 2.45) is 17.8 Å². The minimum Gasteiger partial charge on any atom is -0.469 e. The molecule has 3 atom stereocenters. The largest absolute Gasteiger partial charge is 0.469 e. The Labute approximate surface area is 137 Å². The maximum atomic E-state index is 12.8. The van der Waals surface area contributed by atoms with Crippen LogP contribution in [0.1, 0.15) is 0 Å². The Morgan fingerprint density at radius 1 is 1.21 bits per heavy atom. The van der Waals surface area contributed by atoms with E-state index < -0.39 is 15.6 Å². The second-order valence-corrected chi connectivity index (χ2v) is 8.09. The average Bonchev–Trinajstić information content (AvgIpc) is 3.06. The zero-order valence-corrected chi connectivity index (χ0v) is 13.7. The highest BCUT2D eigenvalue weighted by Crippen LogP contribution is 2.53. The molecule has 1 unspecified atom stereocenters. The molecule has 1 aliphatic carbocycles. The third kappa shape index (κ3) is 2.25. The molecule has 24 heavy (non-hydrogen) atoms. The van der Waals surface area contributed by atoms with E-state index in [0.29, 0.717) is 24.1 Å². The number of hydrogen-bond donors (Lipinski definition) is 0. The van der Waals surface area contributed by atoms with Crippen LogP contribution in [0.4, 0.5) is 0 Å². The van der Waals surface area contributed by atoms with Crippen LogP contribution < -0.4 is 5.63 Å². The van der Waals surface area contributed by atoms with E-state index in [1.165, 1.54) is 41.7 Å². The van der Waals surface area contributed by atoms with E-state index in [1.807, 2.05) is 0 Å². The fraction of sp³-hybridized carbons (Fsp3) is 0.375. The maximum absolute atomic E-state index is 12.8. The van der Waals surface area contributed by atoms with Gasteiger partial charge in [0.1, 0.15) is 5.58 Å². The molecule has 0 bridgehead atoms. The van der Waals surface area contributed by atoms with Gasteiger partial charge in [0, 0.05) is 24.5 Å². The predicted octanol–water partition coefficient (Wildman–Crippen LogP) is 0.832. The predicted molar refractivity (Wildman–Crippen MR) is 83.7 cm³/mol. The molecule has 2 aromatic rings. The van der Waals surface area contributed by atoms with Crippen LogP contribution in [0.25, 0.3) is 11.0 Å². The van der Waals surface area contributed by atoms with Crippen molar-refractivity contribution < 1.29 is 22.4 Å². The lowest BCUT2D eigenvalue weighted by molar-refractivity contribution is -0.143. The van der Waals surface area contributed by atoms with Gasteiger partial charge in [-0.25, -0.2) is 13.2 Å². The zero-order valence-electron chi connectivity index (χ0n) is 12.8. The second kappa shape index (κ2) is 5.15. The Kier molecular flexibility index (Phi) is 3.29. The number of methoxy groups -OCH3 is 1. The van der Waals surface area contributed by atoms with Crippen molar-refractivity contribution in [3.8, 4) is 0 Å². The number of benzene rings is 1. The van der Waals surface area contributed by atoms with Gasteiger partial charge >= 0.3 is 11.6 Å². The molecule has 0 N–H and O–H groups in total. The van der Waals surface area contributed by atoms with Gasteiger partial charge in [-0.15, -0.1) is 0 Å².